The molecule has 3 aromatic carbocycles. The van der Waals surface area contributed by atoms with Gasteiger partial charge in [0.2, 0.25) is 6.23 Å². The Kier molecular flexibility index (Phi) is 4.26. The van der Waals surface area contributed by atoms with Gasteiger partial charge in [-0.2, -0.15) is 5.10 Å². The minimum atomic E-state index is -0.381. The molecule has 0 amide bonds. The Balaban J connectivity index is 1.59. The quantitative estimate of drug-likeness (QED) is 0.487. The molecule has 0 spiro atoms. The van der Waals surface area contributed by atoms with Crippen LogP contribution < -0.4 is 4.74 Å². The molecule has 0 radical (unpaired) electrons. The van der Waals surface area contributed by atoms with E-state index in [1.54, 1.807) is 12.1 Å². The Bertz CT molecular complexity index is 1070. The highest BCUT2D eigenvalue weighted by atomic mass is 35.5. The van der Waals surface area contributed by atoms with Gasteiger partial charge in [0.15, 0.2) is 0 Å². The largest absolute Gasteiger partial charge is 0.464 e. The maximum atomic E-state index is 13.3. The van der Waals surface area contributed by atoms with Crippen LogP contribution in [0.5, 0.6) is 5.75 Å². The van der Waals surface area contributed by atoms with Crippen molar-refractivity contribution in [1.29, 1.82) is 0 Å². The van der Waals surface area contributed by atoms with E-state index in [1.807, 2.05) is 47.5 Å². The monoisotopic (exact) mass is 412 g/mol. The Labute approximate surface area is 172 Å². The minimum absolute atomic E-state index is 0.0109. The Hall–Kier alpha value is -2.56. The van der Waals surface area contributed by atoms with Crippen molar-refractivity contribution in [3.63, 3.8) is 0 Å². The first-order valence-corrected chi connectivity index (χ1v) is 9.67. The van der Waals surface area contributed by atoms with Crippen molar-refractivity contribution in [2.75, 3.05) is 0 Å². The molecule has 28 heavy (non-hydrogen) atoms. The number of fused-ring (bicyclic) bond motifs is 3. The van der Waals surface area contributed by atoms with Gasteiger partial charge in [-0.15, -0.1) is 0 Å². The van der Waals surface area contributed by atoms with Crippen LogP contribution in [-0.4, -0.2) is 10.7 Å². The first-order valence-electron chi connectivity index (χ1n) is 8.92. The molecule has 0 bridgehead atoms. The highest BCUT2D eigenvalue weighted by molar-refractivity contribution is 6.30. The summed E-state index contributed by atoms with van der Waals surface area (Å²) in [4.78, 5) is 0. The Morgan fingerprint density at radius 2 is 1.64 bits per heavy atom. The lowest BCUT2D eigenvalue weighted by atomic mass is 9.96. The average Bonchev–Trinajstić information content (AvgIpc) is 3.14. The molecule has 3 nitrogen and oxygen atoms in total. The molecule has 0 aromatic heterocycles. The van der Waals surface area contributed by atoms with Gasteiger partial charge in [0.25, 0.3) is 0 Å². The summed E-state index contributed by atoms with van der Waals surface area (Å²) in [6, 6.07) is 19.6. The zero-order valence-electron chi connectivity index (χ0n) is 14.6. The smallest absolute Gasteiger partial charge is 0.213 e. The predicted octanol–water partition coefficient (Wildman–Crippen LogP) is 6.37. The van der Waals surface area contributed by atoms with E-state index >= 15 is 0 Å². The summed E-state index contributed by atoms with van der Waals surface area (Å²) in [7, 11) is 0. The predicted molar refractivity (Wildman–Crippen MR) is 108 cm³/mol. The fourth-order valence-electron chi connectivity index (χ4n) is 3.72. The van der Waals surface area contributed by atoms with Gasteiger partial charge >= 0.3 is 0 Å². The molecule has 2 aliphatic rings. The SMILES string of the molecule is Fc1ccc(C2=NN3C(C2)c2cc(Cl)ccc2OC3c2ccc(Cl)cc2)cc1. The van der Waals surface area contributed by atoms with Crippen molar-refractivity contribution in [1.82, 2.24) is 5.01 Å². The third-order valence-electron chi connectivity index (χ3n) is 5.08. The highest BCUT2D eigenvalue weighted by Crippen LogP contribution is 2.48. The van der Waals surface area contributed by atoms with E-state index in [2.05, 4.69) is 0 Å². The number of ether oxygens (including phenoxy) is 1. The second kappa shape index (κ2) is 6.80. The standard InChI is InChI=1S/C22H15Cl2FN2O/c23-15-5-1-14(2-6-15)22-27-20(18-11-16(24)7-10-21(18)28-22)12-19(26-27)13-3-8-17(25)9-4-13/h1-11,20,22H,12H2. The molecule has 5 rings (SSSR count). The lowest BCUT2D eigenvalue weighted by Crippen LogP contribution is -2.33. The van der Waals surface area contributed by atoms with E-state index in [4.69, 9.17) is 33.0 Å². The number of rotatable bonds is 2. The van der Waals surface area contributed by atoms with Gasteiger partial charge in [0.1, 0.15) is 11.6 Å². The van der Waals surface area contributed by atoms with Gasteiger partial charge in [0, 0.05) is 27.6 Å². The molecule has 2 atom stereocenters. The van der Waals surface area contributed by atoms with Gasteiger partial charge in [-0.25, -0.2) is 9.40 Å². The summed E-state index contributed by atoms with van der Waals surface area (Å²) in [5.41, 5.74) is 3.74. The van der Waals surface area contributed by atoms with Crippen molar-refractivity contribution in [3.05, 3.63) is 99.3 Å². The lowest BCUT2D eigenvalue weighted by Gasteiger charge is -2.38. The van der Waals surface area contributed by atoms with E-state index in [-0.39, 0.29) is 18.1 Å². The summed E-state index contributed by atoms with van der Waals surface area (Å²) >= 11 is 12.3. The molecular formula is C22H15Cl2FN2O. The fourth-order valence-corrected chi connectivity index (χ4v) is 4.03. The van der Waals surface area contributed by atoms with Crippen LogP contribution in [-0.2, 0) is 0 Å². The zero-order valence-corrected chi connectivity index (χ0v) is 16.2. The van der Waals surface area contributed by atoms with Crippen LogP contribution >= 0.6 is 23.2 Å². The minimum Gasteiger partial charge on any atom is -0.464 e. The van der Waals surface area contributed by atoms with Crippen molar-refractivity contribution < 1.29 is 9.13 Å². The first-order chi connectivity index (χ1) is 13.6. The Morgan fingerprint density at radius 1 is 0.929 bits per heavy atom. The maximum absolute atomic E-state index is 13.3. The van der Waals surface area contributed by atoms with Crippen LogP contribution in [0.3, 0.4) is 0 Å². The lowest BCUT2D eigenvalue weighted by molar-refractivity contribution is -0.0190. The van der Waals surface area contributed by atoms with Gasteiger partial charge in [-0.1, -0.05) is 47.5 Å². The van der Waals surface area contributed by atoms with Gasteiger partial charge < -0.3 is 4.74 Å². The number of benzene rings is 3. The second-order valence-electron chi connectivity index (χ2n) is 6.86. The van der Waals surface area contributed by atoms with Gasteiger partial charge in [-0.05, 0) is 48.0 Å². The second-order valence-corrected chi connectivity index (χ2v) is 7.73. The summed E-state index contributed by atoms with van der Waals surface area (Å²) in [5.74, 6) is 0.528. The molecule has 2 aliphatic heterocycles. The van der Waals surface area contributed by atoms with E-state index in [9.17, 15) is 4.39 Å². The third-order valence-corrected chi connectivity index (χ3v) is 5.57. The number of hydrogen-bond donors (Lipinski definition) is 0. The summed E-state index contributed by atoms with van der Waals surface area (Å²) in [6.45, 7) is 0. The molecule has 3 aromatic rings. The number of hydrazone groups is 1. The van der Waals surface area contributed by atoms with E-state index in [0.29, 0.717) is 16.5 Å². The van der Waals surface area contributed by atoms with Crippen molar-refractivity contribution in [3.8, 4) is 5.75 Å². The normalized spacial score (nSPS) is 20.2. The van der Waals surface area contributed by atoms with Gasteiger partial charge in [0.05, 0.1) is 11.8 Å². The molecule has 2 unspecified atom stereocenters. The third kappa shape index (κ3) is 3.03. The maximum Gasteiger partial charge on any atom is 0.213 e. The molecule has 6 heteroatoms. The highest BCUT2D eigenvalue weighted by Gasteiger charge is 2.41. The van der Waals surface area contributed by atoms with Crippen LogP contribution in [0.1, 0.15) is 35.4 Å². The molecule has 0 N–H and O–H groups in total. The molecule has 0 fully saturated rings. The zero-order chi connectivity index (χ0) is 19.3. The molecule has 0 saturated carbocycles. The first kappa shape index (κ1) is 17.5. The van der Waals surface area contributed by atoms with Crippen LogP contribution in [0.15, 0.2) is 71.8 Å². The van der Waals surface area contributed by atoms with Crippen molar-refractivity contribution >= 4 is 28.9 Å². The Morgan fingerprint density at radius 3 is 2.39 bits per heavy atom. The van der Waals surface area contributed by atoms with E-state index < -0.39 is 0 Å². The average molecular weight is 413 g/mol. The summed E-state index contributed by atoms with van der Waals surface area (Å²) in [5, 5.41) is 8.13. The van der Waals surface area contributed by atoms with E-state index in [1.165, 1.54) is 12.1 Å². The van der Waals surface area contributed by atoms with Crippen LogP contribution in [0.4, 0.5) is 4.39 Å². The molecule has 0 aliphatic carbocycles. The molecular weight excluding hydrogens is 398 g/mol. The van der Waals surface area contributed by atoms with E-state index in [0.717, 1.165) is 28.2 Å². The number of halogens is 3. The van der Waals surface area contributed by atoms with Crippen molar-refractivity contribution in [2.24, 2.45) is 5.10 Å². The van der Waals surface area contributed by atoms with Gasteiger partial charge in [-0.3, -0.25) is 0 Å². The van der Waals surface area contributed by atoms with Crippen molar-refractivity contribution in [2.45, 2.75) is 18.7 Å². The molecule has 0 saturated heterocycles. The fraction of sp³-hybridized carbons (Fsp3) is 0.136. The number of hydrogen-bond acceptors (Lipinski definition) is 3. The summed E-state index contributed by atoms with van der Waals surface area (Å²) in [6.07, 6.45) is 0.306. The van der Waals surface area contributed by atoms with Crippen LogP contribution in [0.2, 0.25) is 10.0 Å². The summed E-state index contributed by atoms with van der Waals surface area (Å²) < 4.78 is 19.6. The van der Waals surface area contributed by atoms with Crippen LogP contribution in [0.25, 0.3) is 0 Å². The topological polar surface area (TPSA) is 24.8 Å². The number of nitrogens with zero attached hydrogens (tertiary/aromatic N) is 2. The van der Waals surface area contributed by atoms with Crippen LogP contribution in [0, 0.1) is 5.82 Å². The molecule has 2 heterocycles. The molecule has 140 valence electrons.